The van der Waals surface area contributed by atoms with Crippen LogP contribution in [0.25, 0.3) is 106 Å². The van der Waals surface area contributed by atoms with Crippen molar-refractivity contribution >= 4 is 32.7 Å². The first kappa shape index (κ1) is 34.3. The molecule has 0 atom stereocenters. The van der Waals surface area contributed by atoms with Crippen LogP contribution >= 0.6 is 0 Å². The summed E-state index contributed by atoms with van der Waals surface area (Å²) in [6, 6.07) is 76.7. The van der Waals surface area contributed by atoms with E-state index in [2.05, 4.69) is 211 Å². The van der Waals surface area contributed by atoms with Gasteiger partial charge in [0.1, 0.15) is 0 Å². The second-order valence-corrected chi connectivity index (χ2v) is 14.8. The summed E-state index contributed by atoms with van der Waals surface area (Å²) in [6.07, 6.45) is 0. The molecule has 4 nitrogen and oxygen atoms in total. The van der Waals surface area contributed by atoms with Gasteiger partial charge in [-0.3, -0.25) is 0 Å². The fourth-order valence-electron chi connectivity index (χ4n) is 8.34. The summed E-state index contributed by atoms with van der Waals surface area (Å²) in [4.78, 5) is 15.9. The number of hydrogen-bond donors (Lipinski definition) is 0. The zero-order valence-electron chi connectivity index (χ0n) is 32.1. The Morgan fingerprint density at radius 3 is 1.41 bits per heavy atom. The first-order valence-corrected chi connectivity index (χ1v) is 19.9. The molecule has 0 aliphatic rings. The van der Waals surface area contributed by atoms with Gasteiger partial charge in [0.15, 0.2) is 5.82 Å². The van der Waals surface area contributed by atoms with Crippen LogP contribution in [0.1, 0.15) is 0 Å². The molecule has 11 rings (SSSR count). The van der Waals surface area contributed by atoms with Crippen LogP contribution in [0, 0.1) is 0 Å². The fourth-order valence-corrected chi connectivity index (χ4v) is 8.34. The Morgan fingerprint density at radius 2 is 0.797 bits per heavy atom. The van der Waals surface area contributed by atoms with E-state index in [1.807, 2.05) is 12.1 Å². The summed E-state index contributed by atoms with van der Waals surface area (Å²) in [7, 11) is 0. The number of hydrogen-bond acceptors (Lipinski definition) is 3. The second kappa shape index (κ2) is 14.5. The highest BCUT2D eigenvalue weighted by Gasteiger charge is 2.21. The molecule has 59 heavy (non-hydrogen) atoms. The third-order valence-electron chi connectivity index (χ3n) is 11.2. The summed E-state index contributed by atoms with van der Waals surface area (Å²) in [5.74, 6) is 0.659. The van der Waals surface area contributed by atoms with Crippen molar-refractivity contribution in [2.75, 3.05) is 0 Å². The molecular weight excluding hydrogens is 717 g/mol. The first-order chi connectivity index (χ1) is 29.2. The molecule has 3 aromatic heterocycles. The lowest BCUT2D eigenvalue weighted by Gasteiger charge is -2.14. The van der Waals surface area contributed by atoms with Gasteiger partial charge in [0, 0.05) is 44.1 Å². The summed E-state index contributed by atoms with van der Waals surface area (Å²) in [6.45, 7) is 0. The molecule has 0 amide bonds. The normalized spacial score (nSPS) is 11.4. The standard InChI is InChI=1S/C55H36N4/c1-4-15-37(16-5-1)39-27-31-41(32-28-39)49-36-50(42-33-29-40(30-34-42)38-17-6-2-7-18-38)58-55(57-49)44-21-14-22-45(35-44)59-51-26-13-11-24-47(51)52-46-23-10-12-25-48(46)56-53(54(52)59)43-19-8-3-9-20-43/h1-36H. The summed E-state index contributed by atoms with van der Waals surface area (Å²) in [5, 5.41) is 3.50. The maximum absolute atomic E-state index is 5.33. The topological polar surface area (TPSA) is 43.6 Å². The van der Waals surface area contributed by atoms with Crippen LogP contribution in [-0.4, -0.2) is 19.5 Å². The van der Waals surface area contributed by atoms with Crippen molar-refractivity contribution < 1.29 is 0 Å². The van der Waals surface area contributed by atoms with E-state index in [0.717, 1.165) is 78.1 Å². The molecule has 0 aliphatic heterocycles. The molecule has 8 aromatic carbocycles. The minimum Gasteiger partial charge on any atom is -0.307 e. The lowest BCUT2D eigenvalue weighted by Crippen LogP contribution is -2.00. The molecule has 11 aromatic rings. The quantitative estimate of drug-likeness (QED) is 0.163. The SMILES string of the molecule is c1ccc(-c2ccc(-c3cc(-c4ccc(-c5ccccc5)cc4)nc(-c4cccc(-n5c6ccccc6c6c7ccccc7nc(-c7ccccc7)c65)c4)n3)cc2)cc1. The van der Waals surface area contributed by atoms with Gasteiger partial charge in [0.05, 0.1) is 33.6 Å². The van der Waals surface area contributed by atoms with E-state index in [1.54, 1.807) is 0 Å². The van der Waals surface area contributed by atoms with E-state index < -0.39 is 0 Å². The summed E-state index contributed by atoms with van der Waals surface area (Å²) >= 11 is 0. The van der Waals surface area contributed by atoms with E-state index >= 15 is 0 Å². The number of aromatic nitrogens is 4. The molecule has 0 unspecified atom stereocenters. The number of nitrogens with zero attached hydrogens (tertiary/aromatic N) is 4. The van der Waals surface area contributed by atoms with Gasteiger partial charge in [-0.1, -0.05) is 188 Å². The molecular formula is C55H36N4. The third-order valence-corrected chi connectivity index (χ3v) is 11.2. The van der Waals surface area contributed by atoms with E-state index in [1.165, 1.54) is 21.9 Å². The van der Waals surface area contributed by atoms with Crippen LogP contribution in [0.2, 0.25) is 0 Å². The number of rotatable bonds is 7. The number of para-hydroxylation sites is 2. The molecule has 0 saturated heterocycles. The van der Waals surface area contributed by atoms with E-state index in [9.17, 15) is 0 Å². The molecule has 276 valence electrons. The Balaban J connectivity index is 1.10. The summed E-state index contributed by atoms with van der Waals surface area (Å²) in [5.41, 5.74) is 15.6. The van der Waals surface area contributed by atoms with Crippen LogP contribution in [0.5, 0.6) is 0 Å². The average Bonchev–Trinajstić information content (AvgIpc) is 3.68. The molecule has 0 fully saturated rings. The van der Waals surface area contributed by atoms with Crippen LogP contribution < -0.4 is 0 Å². The Labute approximate surface area is 342 Å². The van der Waals surface area contributed by atoms with Crippen molar-refractivity contribution in [1.82, 2.24) is 19.5 Å². The van der Waals surface area contributed by atoms with Crippen LogP contribution in [-0.2, 0) is 0 Å². The number of pyridine rings is 1. The fraction of sp³-hybridized carbons (Fsp3) is 0. The van der Waals surface area contributed by atoms with Crippen molar-refractivity contribution in [2.24, 2.45) is 0 Å². The number of benzene rings is 8. The van der Waals surface area contributed by atoms with Crippen LogP contribution in [0.15, 0.2) is 218 Å². The highest BCUT2D eigenvalue weighted by molar-refractivity contribution is 6.23. The van der Waals surface area contributed by atoms with Gasteiger partial charge in [-0.2, -0.15) is 0 Å². The maximum atomic E-state index is 5.33. The molecule has 0 bridgehead atoms. The predicted molar refractivity (Wildman–Crippen MR) is 244 cm³/mol. The molecule has 3 heterocycles. The van der Waals surface area contributed by atoms with Crippen molar-refractivity contribution in [2.45, 2.75) is 0 Å². The van der Waals surface area contributed by atoms with Crippen molar-refractivity contribution in [3.8, 4) is 73.1 Å². The number of fused-ring (bicyclic) bond motifs is 5. The summed E-state index contributed by atoms with van der Waals surface area (Å²) < 4.78 is 2.37. The van der Waals surface area contributed by atoms with E-state index in [4.69, 9.17) is 15.0 Å². The zero-order valence-corrected chi connectivity index (χ0v) is 32.1. The molecule has 0 saturated carbocycles. The minimum absolute atomic E-state index is 0.659. The molecule has 0 N–H and O–H groups in total. The smallest absolute Gasteiger partial charge is 0.160 e. The second-order valence-electron chi connectivity index (χ2n) is 14.8. The van der Waals surface area contributed by atoms with Crippen molar-refractivity contribution in [3.05, 3.63) is 218 Å². The Hall–Kier alpha value is -7.95. The molecule has 0 aliphatic carbocycles. The highest BCUT2D eigenvalue weighted by Crippen LogP contribution is 2.41. The molecule has 0 radical (unpaired) electrons. The van der Waals surface area contributed by atoms with Gasteiger partial charge in [-0.15, -0.1) is 0 Å². The lowest BCUT2D eigenvalue weighted by molar-refractivity contribution is 1.15. The largest absolute Gasteiger partial charge is 0.307 e. The maximum Gasteiger partial charge on any atom is 0.160 e. The van der Waals surface area contributed by atoms with Gasteiger partial charge >= 0.3 is 0 Å². The van der Waals surface area contributed by atoms with E-state index in [0.29, 0.717) is 5.82 Å². The zero-order chi connectivity index (χ0) is 39.1. The van der Waals surface area contributed by atoms with Crippen molar-refractivity contribution in [3.63, 3.8) is 0 Å². The van der Waals surface area contributed by atoms with Crippen molar-refractivity contribution in [1.29, 1.82) is 0 Å². The van der Waals surface area contributed by atoms with E-state index in [-0.39, 0.29) is 0 Å². The Morgan fingerprint density at radius 1 is 0.322 bits per heavy atom. The Kier molecular flexibility index (Phi) is 8.45. The third kappa shape index (κ3) is 6.24. The van der Waals surface area contributed by atoms with Gasteiger partial charge in [0.2, 0.25) is 0 Å². The average molecular weight is 753 g/mol. The first-order valence-electron chi connectivity index (χ1n) is 19.9. The highest BCUT2D eigenvalue weighted by atomic mass is 15.0. The predicted octanol–water partition coefficient (Wildman–Crippen LogP) is 14.1. The minimum atomic E-state index is 0.659. The van der Waals surface area contributed by atoms with Gasteiger partial charge in [0.25, 0.3) is 0 Å². The molecule has 4 heteroatoms. The monoisotopic (exact) mass is 752 g/mol. The van der Waals surface area contributed by atoms with Crippen LogP contribution in [0.4, 0.5) is 0 Å². The Bertz CT molecular complexity index is 3180. The molecule has 0 spiro atoms. The van der Waals surface area contributed by atoms with Gasteiger partial charge < -0.3 is 4.57 Å². The van der Waals surface area contributed by atoms with Gasteiger partial charge in [-0.25, -0.2) is 15.0 Å². The van der Waals surface area contributed by atoms with Gasteiger partial charge in [-0.05, 0) is 52.6 Å². The van der Waals surface area contributed by atoms with Crippen LogP contribution in [0.3, 0.4) is 0 Å². The lowest BCUT2D eigenvalue weighted by atomic mass is 10.0.